The molecule has 0 bridgehead atoms. The van der Waals surface area contributed by atoms with Crippen LogP contribution in [0.3, 0.4) is 0 Å². The van der Waals surface area contributed by atoms with Crippen LogP contribution in [0, 0.1) is 0 Å². The lowest BCUT2D eigenvalue weighted by atomic mass is 9.83. The maximum atomic E-state index is 5.66. The van der Waals surface area contributed by atoms with Gasteiger partial charge in [0.15, 0.2) is 23.0 Å². The smallest absolute Gasteiger partial charge is 0.165 e. The standard InChI is InChI=1S/C21H25NO4.ClH/c1-23-18-6-5-13-9-17-15-11-20(25-3)19(24-2)10-14(15)7-8-22(17)12-16(13)21(18)26-4;/h5-6,10-11,17H,7-9,12H2,1-4H3;1H/p-1. The van der Waals surface area contributed by atoms with Crippen LogP contribution in [0.5, 0.6) is 23.0 Å². The molecule has 0 N–H and O–H groups in total. The highest BCUT2D eigenvalue weighted by atomic mass is 35.5. The molecule has 2 aromatic carbocycles. The topological polar surface area (TPSA) is 40.2 Å². The van der Waals surface area contributed by atoms with E-state index in [1.54, 1.807) is 28.4 Å². The molecule has 1 unspecified atom stereocenters. The second-order valence-corrected chi connectivity index (χ2v) is 6.79. The third-order valence-electron chi connectivity index (χ3n) is 5.63. The Kier molecular flexibility index (Phi) is 5.72. The van der Waals surface area contributed by atoms with Gasteiger partial charge >= 0.3 is 0 Å². The third kappa shape index (κ3) is 3.19. The second kappa shape index (κ2) is 7.87. The summed E-state index contributed by atoms with van der Waals surface area (Å²) in [6, 6.07) is 8.81. The molecule has 2 heterocycles. The van der Waals surface area contributed by atoms with Gasteiger partial charge in [0.25, 0.3) is 0 Å². The van der Waals surface area contributed by atoms with Gasteiger partial charge in [-0.15, -0.1) is 0 Å². The highest BCUT2D eigenvalue weighted by Crippen LogP contribution is 2.45. The summed E-state index contributed by atoms with van der Waals surface area (Å²) in [4.78, 5) is 2.53. The van der Waals surface area contributed by atoms with E-state index in [4.69, 9.17) is 18.9 Å². The highest BCUT2D eigenvalue weighted by Gasteiger charge is 2.34. The van der Waals surface area contributed by atoms with Crippen molar-refractivity contribution in [3.63, 3.8) is 0 Å². The van der Waals surface area contributed by atoms with Crippen molar-refractivity contribution < 1.29 is 31.4 Å². The van der Waals surface area contributed by atoms with Gasteiger partial charge in [-0.05, 0) is 47.7 Å². The summed E-state index contributed by atoms with van der Waals surface area (Å²) in [5.41, 5.74) is 5.26. The number of fused-ring (bicyclic) bond motifs is 4. The van der Waals surface area contributed by atoms with Gasteiger partial charge < -0.3 is 31.4 Å². The lowest BCUT2D eigenvalue weighted by Gasteiger charge is -2.42. The van der Waals surface area contributed by atoms with Gasteiger partial charge in [0.1, 0.15) is 0 Å². The molecule has 6 heteroatoms. The molecule has 5 nitrogen and oxygen atoms in total. The summed E-state index contributed by atoms with van der Waals surface area (Å²) < 4.78 is 22.2. The summed E-state index contributed by atoms with van der Waals surface area (Å²) in [5, 5.41) is 0. The molecule has 0 saturated heterocycles. The van der Waals surface area contributed by atoms with Crippen molar-refractivity contribution in [3.05, 3.63) is 46.5 Å². The summed E-state index contributed by atoms with van der Waals surface area (Å²) >= 11 is 0. The van der Waals surface area contributed by atoms with Gasteiger partial charge in [-0.3, -0.25) is 4.90 Å². The summed E-state index contributed by atoms with van der Waals surface area (Å²) in [6.45, 7) is 1.89. The van der Waals surface area contributed by atoms with E-state index in [0.717, 1.165) is 48.9 Å². The Balaban J connectivity index is 0.00000210. The van der Waals surface area contributed by atoms with E-state index in [9.17, 15) is 0 Å². The van der Waals surface area contributed by atoms with Gasteiger partial charge in [-0.2, -0.15) is 0 Å². The molecule has 0 amide bonds. The van der Waals surface area contributed by atoms with Gasteiger partial charge in [0.05, 0.1) is 28.4 Å². The van der Waals surface area contributed by atoms with E-state index in [1.165, 1.54) is 22.3 Å². The minimum Gasteiger partial charge on any atom is -1.00 e. The zero-order valence-electron chi connectivity index (χ0n) is 16.2. The van der Waals surface area contributed by atoms with Crippen molar-refractivity contribution in [1.82, 2.24) is 4.90 Å². The van der Waals surface area contributed by atoms with Crippen LogP contribution in [0.25, 0.3) is 0 Å². The SMILES string of the molecule is COc1cc2c(cc1OC)C1Cc3ccc(OC)c(OC)c3CN1CC2.[Cl-]. The molecule has 146 valence electrons. The van der Waals surface area contributed by atoms with Crippen molar-refractivity contribution in [2.75, 3.05) is 35.0 Å². The zero-order valence-corrected chi connectivity index (χ0v) is 16.9. The first kappa shape index (κ1) is 19.6. The molecule has 0 saturated carbocycles. The maximum Gasteiger partial charge on any atom is 0.165 e. The average Bonchev–Trinajstić information content (AvgIpc) is 2.70. The van der Waals surface area contributed by atoms with E-state index in [1.807, 2.05) is 6.07 Å². The molecule has 0 aliphatic carbocycles. The molecule has 27 heavy (non-hydrogen) atoms. The van der Waals surface area contributed by atoms with E-state index in [-0.39, 0.29) is 12.4 Å². The van der Waals surface area contributed by atoms with Gasteiger partial charge in [0, 0.05) is 24.7 Å². The van der Waals surface area contributed by atoms with E-state index in [0.29, 0.717) is 6.04 Å². The Morgan fingerprint density at radius 2 is 1.56 bits per heavy atom. The molecule has 0 aromatic heterocycles. The van der Waals surface area contributed by atoms with Crippen molar-refractivity contribution >= 4 is 0 Å². The van der Waals surface area contributed by atoms with Crippen molar-refractivity contribution in [1.29, 1.82) is 0 Å². The minimum absolute atomic E-state index is 0. The van der Waals surface area contributed by atoms with Gasteiger partial charge in [0.2, 0.25) is 0 Å². The molecular weight excluding hydrogens is 366 g/mol. The number of halogens is 1. The van der Waals surface area contributed by atoms with Crippen molar-refractivity contribution in [3.8, 4) is 23.0 Å². The van der Waals surface area contributed by atoms with Crippen LogP contribution in [0.1, 0.15) is 28.3 Å². The third-order valence-corrected chi connectivity index (χ3v) is 5.63. The predicted octanol–water partition coefficient (Wildman–Crippen LogP) is 0.381. The maximum absolute atomic E-state index is 5.66. The number of hydrogen-bond donors (Lipinski definition) is 0. The normalized spacial score (nSPS) is 17.7. The zero-order chi connectivity index (χ0) is 18.3. The van der Waals surface area contributed by atoms with Crippen LogP contribution in [0.2, 0.25) is 0 Å². The highest BCUT2D eigenvalue weighted by molar-refractivity contribution is 5.54. The Bertz CT molecular complexity index is 839. The van der Waals surface area contributed by atoms with Crippen LogP contribution in [0.15, 0.2) is 24.3 Å². The van der Waals surface area contributed by atoms with Crippen LogP contribution in [-0.2, 0) is 19.4 Å². The Morgan fingerprint density at radius 1 is 0.852 bits per heavy atom. The number of rotatable bonds is 4. The molecule has 0 radical (unpaired) electrons. The molecule has 4 rings (SSSR count). The largest absolute Gasteiger partial charge is 1.00 e. The molecule has 0 spiro atoms. The minimum atomic E-state index is 0. The first-order chi connectivity index (χ1) is 12.7. The van der Waals surface area contributed by atoms with Crippen LogP contribution in [0.4, 0.5) is 0 Å². The quantitative estimate of drug-likeness (QED) is 0.755. The Hall–Kier alpha value is -2.11. The van der Waals surface area contributed by atoms with Crippen LogP contribution in [-0.4, -0.2) is 39.9 Å². The molecule has 1 atom stereocenters. The van der Waals surface area contributed by atoms with Crippen molar-refractivity contribution in [2.45, 2.75) is 25.4 Å². The fraction of sp³-hybridized carbons (Fsp3) is 0.429. The number of benzene rings is 2. The van der Waals surface area contributed by atoms with Gasteiger partial charge in [-0.1, -0.05) is 6.07 Å². The van der Waals surface area contributed by atoms with Crippen LogP contribution < -0.4 is 31.4 Å². The molecule has 2 aliphatic rings. The fourth-order valence-electron chi connectivity index (χ4n) is 4.32. The van der Waals surface area contributed by atoms with Crippen molar-refractivity contribution in [2.24, 2.45) is 0 Å². The number of methoxy groups -OCH3 is 4. The molecule has 2 aromatic rings. The van der Waals surface area contributed by atoms with E-state index < -0.39 is 0 Å². The lowest BCUT2D eigenvalue weighted by molar-refractivity contribution is -0.00000634. The first-order valence-electron chi connectivity index (χ1n) is 8.91. The number of ether oxygens (including phenoxy) is 4. The summed E-state index contributed by atoms with van der Waals surface area (Å²) in [7, 11) is 6.79. The fourth-order valence-corrected chi connectivity index (χ4v) is 4.32. The predicted molar refractivity (Wildman–Crippen MR) is 99.7 cm³/mol. The summed E-state index contributed by atoms with van der Waals surface area (Å²) in [5.74, 6) is 3.27. The molecule has 2 aliphatic heterocycles. The number of nitrogens with zero attached hydrogens (tertiary/aromatic N) is 1. The van der Waals surface area contributed by atoms with Gasteiger partial charge in [-0.25, -0.2) is 0 Å². The summed E-state index contributed by atoms with van der Waals surface area (Å²) in [6.07, 6.45) is 1.96. The molecular formula is C21H25ClNO4-. The van der Waals surface area contributed by atoms with Crippen LogP contribution >= 0.6 is 0 Å². The molecule has 0 fully saturated rings. The first-order valence-corrected chi connectivity index (χ1v) is 8.91. The average molecular weight is 391 g/mol. The van der Waals surface area contributed by atoms with E-state index in [2.05, 4.69) is 23.1 Å². The lowest BCUT2D eigenvalue weighted by Crippen LogP contribution is -3.00. The number of hydrogen-bond acceptors (Lipinski definition) is 5. The Morgan fingerprint density at radius 3 is 2.22 bits per heavy atom. The Labute approximate surface area is 166 Å². The van der Waals surface area contributed by atoms with E-state index >= 15 is 0 Å². The second-order valence-electron chi connectivity index (χ2n) is 6.79. The monoisotopic (exact) mass is 390 g/mol.